The molecule has 0 bridgehead atoms. The molecule has 0 N–H and O–H groups in total. The van der Waals surface area contributed by atoms with Gasteiger partial charge in [-0.05, 0) is 12.0 Å². The van der Waals surface area contributed by atoms with Gasteiger partial charge in [0, 0.05) is 45.7 Å². The van der Waals surface area contributed by atoms with Gasteiger partial charge < -0.3 is 19.3 Å². The predicted octanol–water partition coefficient (Wildman–Crippen LogP) is 1.91. The molecule has 2 aromatic rings. The summed E-state index contributed by atoms with van der Waals surface area (Å²) < 4.78 is 10.8. The second-order valence-electron chi connectivity index (χ2n) is 6.08. The fourth-order valence-corrected chi connectivity index (χ4v) is 3.20. The Morgan fingerprint density at radius 1 is 1.04 bits per heavy atom. The Morgan fingerprint density at radius 3 is 2.54 bits per heavy atom. The van der Waals surface area contributed by atoms with E-state index < -0.39 is 6.10 Å². The van der Waals surface area contributed by atoms with Crippen LogP contribution in [-0.2, 0) is 9.53 Å². The van der Waals surface area contributed by atoms with Crippen molar-refractivity contribution in [2.24, 2.45) is 0 Å². The number of methoxy groups -OCH3 is 2. The SMILES string of the molecule is COc1nccnc1N1CCCN(C(=O)C(OC)c2ccccc2)CC1. The van der Waals surface area contributed by atoms with Crippen molar-refractivity contribution in [3.63, 3.8) is 0 Å². The highest BCUT2D eigenvalue weighted by molar-refractivity contribution is 5.82. The summed E-state index contributed by atoms with van der Waals surface area (Å²) in [5, 5.41) is 0. The van der Waals surface area contributed by atoms with Crippen molar-refractivity contribution < 1.29 is 14.3 Å². The van der Waals surface area contributed by atoms with Gasteiger partial charge in [0.1, 0.15) is 0 Å². The predicted molar refractivity (Wildman–Crippen MR) is 98.2 cm³/mol. The van der Waals surface area contributed by atoms with Crippen LogP contribution in [0, 0.1) is 0 Å². The van der Waals surface area contributed by atoms with Gasteiger partial charge >= 0.3 is 0 Å². The number of anilines is 1. The highest BCUT2D eigenvalue weighted by Crippen LogP contribution is 2.25. The number of amides is 1. The van der Waals surface area contributed by atoms with Crippen molar-refractivity contribution in [2.45, 2.75) is 12.5 Å². The summed E-state index contributed by atoms with van der Waals surface area (Å²) in [6.45, 7) is 2.75. The first kappa shape index (κ1) is 18.1. The van der Waals surface area contributed by atoms with Gasteiger partial charge in [-0.2, -0.15) is 0 Å². The molecule has 0 aliphatic carbocycles. The number of rotatable bonds is 5. The van der Waals surface area contributed by atoms with Crippen molar-refractivity contribution in [2.75, 3.05) is 45.3 Å². The topological polar surface area (TPSA) is 67.8 Å². The molecular weight excluding hydrogens is 332 g/mol. The highest BCUT2D eigenvalue weighted by Gasteiger charge is 2.28. The van der Waals surface area contributed by atoms with Gasteiger partial charge in [0.2, 0.25) is 0 Å². The zero-order chi connectivity index (χ0) is 18.4. The van der Waals surface area contributed by atoms with E-state index in [4.69, 9.17) is 9.47 Å². The Morgan fingerprint density at radius 2 is 1.81 bits per heavy atom. The van der Waals surface area contributed by atoms with Crippen LogP contribution in [0.4, 0.5) is 5.82 Å². The molecule has 1 aromatic carbocycles. The smallest absolute Gasteiger partial charge is 0.257 e. The lowest BCUT2D eigenvalue weighted by atomic mass is 10.1. The molecule has 1 aliphatic rings. The normalized spacial score (nSPS) is 16.1. The lowest BCUT2D eigenvalue weighted by Crippen LogP contribution is -2.39. The van der Waals surface area contributed by atoms with Crippen LogP contribution in [-0.4, -0.2) is 61.2 Å². The quantitative estimate of drug-likeness (QED) is 0.815. The van der Waals surface area contributed by atoms with Gasteiger partial charge in [-0.25, -0.2) is 9.97 Å². The van der Waals surface area contributed by atoms with Gasteiger partial charge in [0.25, 0.3) is 11.8 Å². The molecule has 138 valence electrons. The van der Waals surface area contributed by atoms with E-state index in [1.54, 1.807) is 26.6 Å². The molecule has 2 heterocycles. The minimum Gasteiger partial charge on any atom is -0.478 e. The minimum absolute atomic E-state index is 0.00772. The van der Waals surface area contributed by atoms with E-state index in [-0.39, 0.29) is 5.91 Å². The van der Waals surface area contributed by atoms with Crippen molar-refractivity contribution in [1.82, 2.24) is 14.9 Å². The summed E-state index contributed by atoms with van der Waals surface area (Å²) in [7, 11) is 3.16. The molecule has 1 fully saturated rings. The number of ether oxygens (including phenoxy) is 2. The van der Waals surface area contributed by atoms with E-state index in [9.17, 15) is 4.79 Å². The van der Waals surface area contributed by atoms with Crippen LogP contribution >= 0.6 is 0 Å². The maximum Gasteiger partial charge on any atom is 0.257 e. The molecule has 7 heteroatoms. The maximum absolute atomic E-state index is 13.0. The van der Waals surface area contributed by atoms with Gasteiger partial charge in [-0.1, -0.05) is 30.3 Å². The summed E-state index contributed by atoms with van der Waals surface area (Å²) >= 11 is 0. The van der Waals surface area contributed by atoms with Crippen LogP contribution in [0.1, 0.15) is 18.1 Å². The van der Waals surface area contributed by atoms with E-state index in [2.05, 4.69) is 14.9 Å². The van der Waals surface area contributed by atoms with Crippen molar-refractivity contribution >= 4 is 11.7 Å². The molecule has 1 aliphatic heterocycles. The van der Waals surface area contributed by atoms with E-state index in [1.165, 1.54) is 0 Å². The molecular formula is C19H24N4O3. The van der Waals surface area contributed by atoms with Crippen LogP contribution in [0.15, 0.2) is 42.7 Å². The number of benzene rings is 1. The van der Waals surface area contributed by atoms with Gasteiger partial charge in [0.15, 0.2) is 11.9 Å². The molecule has 1 saturated heterocycles. The third kappa shape index (κ3) is 3.94. The van der Waals surface area contributed by atoms with Crippen LogP contribution in [0.3, 0.4) is 0 Å². The van der Waals surface area contributed by atoms with Crippen LogP contribution in [0.25, 0.3) is 0 Å². The second kappa shape index (κ2) is 8.62. The Bertz CT molecular complexity index is 726. The lowest BCUT2D eigenvalue weighted by Gasteiger charge is -2.26. The molecule has 1 unspecified atom stereocenters. The zero-order valence-electron chi connectivity index (χ0n) is 15.2. The fourth-order valence-electron chi connectivity index (χ4n) is 3.20. The van der Waals surface area contributed by atoms with E-state index in [0.717, 1.165) is 24.3 Å². The highest BCUT2D eigenvalue weighted by atomic mass is 16.5. The molecule has 1 atom stereocenters. The monoisotopic (exact) mass is 356 g/mol. The first-order valence-corrected chi connectivity index (χ1v) is 8.71. The number of hydrogen-bond donors (Lipinski definition) is 0. The molecule has 7 nitrogen and oxygen atoms in total. The molecule has 0 radical (unpaired) electrons. The van der Waals surface area contributed by atoms with Crippen molar-refractivity contribution in [1.29, 1.82) is 0 Å². The van der Waals surface area contributed by atoms with Gasteiger partial charge in [-0.3, -0.25) is 4.79 Å². The number of hydrogen-bond acceptors (Lipinski definition) is 6. The summed E-state index contributed by atoms with van der Waals surface area (Å²) in [6.07, 6.45) is 3.53. The van der Waals surface area contributed by atoms with Crippen molar-refractivity contribution in [3.8, 4) is 5.88 Å². The average molecular weight is 356 g/mol. The number of aromatic nitrogens is 2. The summed E-state index contributed by atoms with van der Waals surface area (Å²) in [4.78, 5) is 25.6. The Hall–Kier alpha value is -2.67. The van der Waals surface area contributed by atoms with Crippen molar-refractivity contribution in [3.05, 3.63) is 48.3 Å². The minimum atomic E-state index is -0.575. The standard InChI is InChI=1S/C19H24N4O3/c1-25-16(15-7-4-3-5-8-15)19(24)23-12-6-11-22(13-14-23)17-18(26-2)21-10-9-20-17/h3-5,7-10,16H,6,11-14H2,1-2H3. The lowest BCUT2D eigenvalue weighted by molar-refractivity contribution is -0.142. The van der Waals surface area contributed by atoms with Gasteiger partial charge in [-0.15, -0.1) is 0 Å². The number of carbonyl (C=O) groups is 1. The largest absolute Gasteiger partial charge is 0.478 e. The van der Waals surface area contributed by atoms with E-state index in [0.29, 0.717) is 25.5 Å². The number of carbonyl (C=O) groups excluding carboxylic acids is 1. The third-order valence-corrected chi connectivity index (χ3v) is 4.51. The zero-order valence-corrected chi connectivity index (χ0v) is 15.2. The van der Waals surface area contributed by atoms with Gasteiger partial charge in [0.05, 0.1) is 7.11 Å². The Balaban J connectivity index is 1.71. The van der Waals surface area contributed by atoms with E-state index in [1.807, 2.05) is 35.2 Å². The molecule has 1 amide bonds. The molecule has 26 heavy (non-hydrogen) atoms. The fraction of sp³-hybridized carbons (Fsp3) is 0.421. The summed E-state index contributed by atoms with van der Waals surface area (Å²) in [6, 6.07) is 9.60. The second-order valence-corrected chi connectivity index (χ2v) is 6.08. The maximum atomic E-state index is 13.0. The van der Waals surface area contributed by atoms with Crippen LogP contribution < -0.4 is 9.64 Å². The third-order valence-electron chi connectivity index (χ3n) is 4.51. The summed E-state index contributed by atoms with van der Waals surface area (Å²) in [5.41, 5.74) is 0.872. The molecule has 1 aromatic heterocycles. The van der Waals surface area contributed by atoms with E-state index >= 15 is 0 Å². The summed E-state index contributed by atoms with van der Waals surface area (Å²) in [5.74, 6) is 1.22. The molecule has 0 saturated carbocycles. The average Bonchev–Trinajstić information content (AvgIpc) is 2.95. The Kier molecular flexibility index (Phi) is 6.01. The number of nitrogens with zero attached hydrogens (tertiary/aromatic N) is 4. The first-order chi connectivity index (χ1) is 12.7. The van der Waals surface area contributed by atoms with Crippen LogP contribution in [0.5, 0.6) is 5.88 Å². The first-order valence-electron chi connectivity index (χ1n) is 8.71. The van der Waals surface area contributed by atoms with Crippen LogP contribution in [0.2, 0.25) is 0 Å². The molecule has 0 spiro atoms. The Labute approximate surface area is 153 Å². The molecule has 3 rings (SSSR count).